The third-order valence-corrected chi connectivity index (χ3v) is 12.6. The number of aryl methyl sites for hydroxylation is 2. The highest BCUT2D eigenvalue weighted by atomic mass is 16.5. The Bertz CT molecular complexity index is 3050. The molecule has 3 aliphatic rings. The third-order valence-electron chi connectivity index (χ3n) is 12.6. The summed E-state index contributed by atoms with van der Waals surface area (Å²) in [6.45, 7) is 6.31. The molecule has 3 heterocycles. The molecule has 8 aromatic rings. The van der Waals surface area contributed by atoms with Crippen molar-refractivity contribution in [2.45, 2.75) is 39.0 Å². The number of hydrogen-bond donors (Lipinski definition) is 0. The molecule has 4 nitrogen and oxygen atoms in total. The van der Waals surface area contributed by atoms with E-state index in [9.17, 15) is 0 Å². The number of pyridine rings is 1. The molecule has 7 aromatic carbocycles. The fourth-order valence-corrected chi connectivity index (χ4v) is 9.88. The summed E-state index contributed by atoms with van der Waals surface area (Å²) in [4.78, 5) is 15.4. The van der Waals surface area contributed by atoms with Gasteiger partial charge in [-0.3, -0.25) is 4.98 Å². The van der Waals surface area contributed by atoms with Gasteiger partial charge in [-0.25, -0.2) is 9.98 Å². The average molecular weight is 786 g/mol. The van der Waals surface area contributed by atoms with Crippen molar-refractivity contribution in [1.82, 2.24) is 4.98 Å². The Morgan fingerprint density at radius 2 is 0.984 bits per heavy atom. The Morgan fingerprint density at radius 3 is 1.69 bits per heavy atom. The minimum absolute atomic E-state index is 0.515. The van der Waals surface area contributed by atoms with Crippen LogP contribution in [0.15, 0.2) is 198 Å². The molecular formula is C57H43N3O. The summed E-state index contributed by atoms with van der Waals surface area (Å²) >= 11 is 0. The molecular weight excluding hydrogens is 743 g/mol. The number of aliphatic imine (C=N–C) groups is 2. The zero-order valence-corrected chi connectivity index (χ0v) is 34.5. The van der Waals surface area contributed by atoms with Crippen LogP contribution in [0, 0.1) is 13.8 Å². The van der Waals surface area contributed by atoms with E-state index in [-0.39, 0.29) is 0 Å². The first-order valence-electron chi connectivity index (χ1n) is 21.1. The van der Waals surface area contributed by atoms with Crippen LogP contribution in [0.3, 0.4) is 0 Å². The van der Waals surface area contributed by atoms with Crippen LogP contribution in [-0.2, 0) is 5.41 Å². The summed E-state index contributed by atoms with van der Waals surface area (Å²) in [6.07, 6.45) is 1.69. The SMILES string of the molecule is C\C1=C(c2ccc(-c3cc(C)nc(C)c3)cc2)/N=C(c2ccc(-c3cccc4c3-c3ccccc3C43c4ccccc4Oc4ccccc43)cc2)\N=C(\c2ccccc2)CC1. The largest absolute Gasteiger partial charge is 0.457 e. The number of ether oxygens (including phenoxy) is 1. The van der Waals surface area contributed by atoms with E-state index in [1.54, 1.807) is 0 Å². The van der Waals surface area contributed by atoms with E-state index < -0.39 is 5.41 Å². The summed E-state index contributed by atoms with van der Waals surface area (Å²) in [6, 6.07) is 65.3. The fraction of sp³-hybridized carbons (Fsp3) is 0.105. The average Bonchev–Trinajstić information content (AvgIpc) is 3.59. The van der Waals surface area contributed by atoms with Gasteiger partial charge in [-0.05, 0) is 114 Å². The van der Waals surface area contributed by atoms with Gasteiger partial charge < -0.3 is 4.74 Å². The first-order valence-corrected chi connectivity index (χ1v) is 21.1. The van der Waals surface area contributed by atoms with E-state index >= 15 is 0 Å². The van der Waals surface area contributed by atoms with Gasteiger partial charge in [-0.1, -0.05) is 158 Å². The number of fused-ring (bicyclic) bond motifs is 9. The molecule has 11 rings (SSSR count). The van der Waals surface area contributed by atoms with Crippen molar-refractivity contribution in [3.63, 3.8) is 0 Å². The van der Waals surface area contributed by atoms with Gasteiger partial charge in [0.15, 0.2) is 5.84 Å². The lowest BCUT2D eigenvalue weighted by Crippen LogP contribution is -2.32. The molecule has 0 N–H and O–H groups in total. The van der Waals surface area contributed by atoms with Crippen LogP contribution in [0.5, 0.6) is 11.5 Å². The zero-order valence-electron chi connectivity index (χ0n) is 34.5. The van der Waals surface area contributed by atoms with E-state index in [0.717, 1.165) is 86.1 Å². The second-order valence-electron chi connectivity index (χ2n) is 16.4. The van der Waals surface area contributed by atoms with Crippen LogP contribution in [0.25, 0.3) is 39.1 Å². The van der Waals surface area contributed by atoms with Crippen molar-refractivity contribution >= 4 is 17.2 Å². The monoisotopic (exact) mass is 785 g/mol. The number of hydrogen-bond acceptors (Lipinski definition) is 4. The van der Waals surface area contributed by atoms with E-state index in [1.165, 1.54) is 39.0 Å². The Hall–Kier alpha value is -7.43. The lowest BCUT2D eigenvalue weighted by atomic mass is 9.66. The van der Waals surface area contributed by atoms with Crippen molar-refractivity contribution in [1.29, 1.82) is 0 Å². The van der Waals surface area contributed by atoms with Crippen LogP contribution in [0.4, 0.5) is 0 Å². The second-order valence-corrected chi connectivity index (χ2v) is 16.4. The van der Waals surface area contributed by atoms with Gasteiger partial charge in [0, 0.05) is 33.6 Å². The summed E-state index contributed by atoms with van der Waals surface area (Å²) < 4.78 is 6.58. The predicted octanol–water partition coefficient (Wildman–Crippen LogP) is 14.0. The number of rotatable bonds is 5. The Morgan fingerprint density at radius 1 is 0.426 bits per heavy atom. The van der Waals surface area contributed by atoms with Crippen molar-refractivity contribution in [2.24, 2.45) is 9.98 Å². The van der Waals surface area contributed by atoms with Crippen LogP contribution in [0.2, 0.25) is 0 Å². The standard InChI is InChI=1S/C57H43N3O/c1-36-24-33-51(41-14-5-4-6-15-41)59-56(60-55(36)42-29-25-39(26-30-42)44-34-37(2)58-38(3)35-44)43-31-27-40(28-32-43)45-17-13-21-50-54(45)46-16-7-8-18-47(46)57(50)48-19-9-11-22-52(48)61-53-23-12-10-20-49(53)57/h4-23,25-32,34-35H,24,33H2,1-3H3/b55-36+,59-51+,60-56-. The lowest BCUT2D eigenvalue weighted by molar-refractivity contribution is 0.436. The maximum atomic E-state index is 6.58. The Balaban J connectivity index is 1.03. The van der Waals surface area contributed by atoms with Crippen LogP contribution < -0.4 is 4.74 Å². The number of nitrogens with zero attached hydrogens (tertiary/aromatic N) is 3. The van der Waals surface area contributed by atoms with Crippen molar-refractivity contribution in [3.05, 3.63) is 238 Å². The molecule has 4 heteroatoms. The van der Waals surface area contributed by atoms with Crippen LogP contribution in [-0.4, -0.2) is 16.5 Å². The smallest absolute Gasteiger partial charge is 0.160 e. The van der Waals surface area contributed by atoms with Crippen LogP contribution >= 0.6 is 0 Å². The minimum atomic E-state index is -0.515. The molecule has 0 radical (unpaired) electrons. The van der Waals surface area contributed by atoms with Gasteiger partial charge in [-0.2, -0.15) is 0 Å². The zero-order chi connectivity index (χ0) is 41.1. The molecule has 1 spiro atoms. The predicted molar refractivity (Wildman–Crippen MR) is 250 cm³/mol. The van der Waals surface area contributed by atoms with E-state index in [4.69, 9.17) is 14.7 Å². The lowest BCUT2D eigenvalue weighted by Gasteiger charge is -2.39. The molecule has 1 aliphatic carbocycles. The van der Waals surface area contributed by atoms with Crippen LogP contribution in [0.1, 0.15) is 70.1 Å². The highest BCUT2D eigenvalue weighted by Crippen LogP contribution is 2.63. The number of allylic oxidation sites excluding steroid dienone is 1. The highest BCUT2D eigenvalue weighted by molar-refractivity contribution is 6.14. The van der Waals surface area contributed by atoms with Gasteiger partial charge in [0.25, 0.3) is 0 Å². The number of para-hydroxylation sites is 2. The minimum Gasteiger partial charge on any atom is -0.457 e. The molecule has 0 amide bonds. The number of amidine groups is 1. The van der Waals surface area contributed by atoms with Gasteiger partial charge in [-0.15, -0.1) is 0 Å². The van der Waals surface area contributed by atoms with Gasteiger partial charge in [0.2, 0.25) is 0 Å². The fourth-order valence-electron chi connectivity index (χ4n) is 9.88. The normalized spacial score (nSPS) is 17.6. The Kier molecular flexibility index (Phi) is 8.82. The molecule has 0 unspecified atom stereocenters. The van der Waals surface area contributed by atoms with Crippen molar-refractivity contribution in [3.8, 4) is 44.9 Å². The van der Waals surface area contributed by atoms with E-state index in [1.807, 2.05) is 13.8 Å². The van der Waals surface area contributed by atoms with Gasteiger partial charge in [0.1, 0.15) is 11.5 Å². The van der Waals surface area contributed by atoms with E-state index in [2.05, 4.69) is 194 Å². The maximum Gasteiger partial charge on any atom is 0.160 e. The van der Waals surface area contributed by atoms with Crippen molar-refractivity contribution < 1.29 is 4.74 Å². The first-order chi connectivity index (χ1) is 30.0. The molecule has 0 fully saturated rings. The molecule has 2 aliphatic heterocycles. The van der Waals surface area contributed by atoms with Crippen molar-refractivity contribution in [2.75, 3.05) is 0 Å². The molecule has 0 saturated heterocycles. The van der Waals surface area contributed by atoms with Gasteiger partial charge >= 0.3 is 0 Å². The highest BCUT2D eigenvalue weighted by Gasteiger charge is 2.51. The molecule has 0 bridgehead atoms. The first kappa shape index (κ1) is 36.6. The Labute approximate surface area is 357 Å². The maximum absolute atomic E-state index is 6.58. The number of benzene rings is 7. The number of aromatic nitrogens is 1. The summed E-state index contributed by atoms with van der Waals surface area (Å²) in [7, 11) is 0. The molecule has 1 aromatic heterocycles. The summed E-state index contributed by atoms with van der Waals surface area (Å²) in [5.74, 6) is 2.50. The molecule has 0 saturated carbocycles. The van der Waals surface area contributed by atoms with Gasteiger partial charge in [0.05, 0.1) is 16.8 Å². The third kappa shape index (κ3) is 6.09. The molecule has 292 valence electrons. The summed E-state index contributed by atoms with van der Waals surface area (Å²) in [5.41, 5.74) is 20.0. The quantitative estimate of drug-likeness (QED) is 0.174. The topological polar surface area (TPSA) is 46.8 Å². The summed E-state index contributed by atoms with van der Waals surface area (Å²) in [5, 5.41) is 0. The second kappa shape index (κ2) is 14.7. The van der Waals surface area contributed by atoms with E-state index in [0.29, 0.717) is 5.84 Å². The molecule has 61 heavy (non-hydrogen) atoms. The molecule has 0 atom stereocenters.